The molecule has 0 aromatic heterocycles. The lowest BCUT2D eigenvalue weighted by atomic mass is 9.72. The van der Waals surface area contributed by atoms with Gasteiger partial charge < -0.3 is 14.5 Å². The number of urea groups is 1. The summed E-state index contributed by atoms with van der Waals surface area (Å²) in [5, 5.41) is 0. The molecule has 2 aromatic carbocycles. The van der Waals surface area contributed by atoms with Crippen LogP contribution in [0.3, 0.4) is 0 Å². The van der Waals surface area contributed by atoms with Gasteiger partial charge in [0.25, 0.3) is 5.91 Å². The lowest BCUT2D eigenvalue weighted by molar-refractivity contribution is -0.143. The molecule has 0 radical (unpaired) electrons. The van der Waals surface area contributed by atoms with Crippen LogP contribution in [-0.2, 0) is 19.7 Å². The summed E-state index contributed by atoms with van der Waals surface area (Å²) in [5.74, 6) is -0.0415. The van der Waals surface area contributed by atoms with Gasteiger partial charge in [0.2, 0.25) is 5.91 Å². The van der Waals surface area contributed by atoms with Crippen molar-refractivity contribution in [1.82, 2.24) is 9.80 Å². The number of likely N-dealkylation sites (tertiary alicyclic amines) is 1. The minimum atomic E-state index is -0.546. The van der Waals surface area contributed by atoms with Crippen molar-refractivity contribution < 1.29 is 19.1 Å². The molecule has 4 amide bonds. The molecule has 0 aliphatic carbocycles. The standard InChI is InChI=1S/C26H29N3O4/c30-23-19-28(25(32)29(23)22-9-5-2-6-10-22)21-11-15-27(16-12-21)24(31)26(13-17-33-18-14-26)20-7-3-1-4-8-20/h1-10,21H,11-19H2. The van der Waals surface area contributed by atoms with Gasteiger partial charge in [-0.2, -0.15) is 0 Å². The first-order valence-electron chi connectivity index (χ1n) is 11.7. The van der Waals surface area contributed by atoms with Crippen molar-refractivity contribution in [2.75, 3.05) is 37.7 Å². The maximum absolute atomic E-state index is 13.8. The number of nitrogens with zero attached hydrogens (tertiary/aromatic N) is 3. The van der Waals surface area contributed by atoms with Gasteiger partial charge >= 0.3 is 6.03 Å². The predicted octanol–water partition coefficient (Wildman–Crippen LogP) is 3.19. The van der Waals surface area contributed by atoms with Crippen molar-refractivity contribution in [1.29, 1.82) is 0 Å². The average molecular weight is 448 g/mol. The lowest BCUT2D eigenvalue weighted by Gasteiger charge is -2.43. The van der Waals surface area contributed by atoms with Crippen LogP contribution in [-0.4, -0.2) is 66.5 Å². The van der Waals surface area contributed by atoms with Gasteiger partial charge in [-0.15, -0.1) is 0 Å². The number of carbonyl (C=O) groups excluding carboxylic acids is 3. The van der Waals surface area contributed by atoms with Crippen molar-refractivity contribution >= 4 is 23.5 Å². The molecule has 3 aliphatic rings. The van der Waals surface area contributed by atoms with Gasteiger partial charge in [-0.3, -0.25) is 9.59 Å². The molecular formula is C26H29N3O4. The Morgan fingerprint density at radius 3 is 2.12 bits per heavy atom. The highest BCUT2D eigenvalue weighted by atomic mass is 16.5. The van der Waals surface area contributed by atoms with Gasteiger partial charge in [-0.05, 0) is 43.4 Å². The molecule has 3 saturated heterocycles. The normalized spacial score (nSPS) is 21.5. The minimum Gasteiger partial charge on any atom is -0.381 e. The summed E-state index contributed by atoms with van der Waals surface area (Å²) >= 11 is 0. The topological polar surface area (TPSA) is 70.2 Å². The van der Waals surface area contributed by atoms with E-state index in [0.717, 1.165) is 5.56 Å². The Morgan fingerprint density at radius 2 is 1.48 bits per heavy atom. The summed E-state index contributed by atoms with van der Waals surface area (Å²) in [5.41, 5.74) is 1.11. The molecule has 5 rings (SSSR count). The maximum Gasteiger partial charge on any atom is 0.332 e. The number of anilines is 1. The lowest BCUT2D eigenvalue weighted by Crippen LogP contribution is -2.54. The number of imide groups is 1. The summed E-state index contributed by atoms with van der Waals surface area (Å²) < 4.78 is 5.59. The highest BCUT2D eigenvalue weighted by Crippen LogP contribution is 2.38. The van der Waals surface area contributed by atoms with Crippen LogP contribution in [0.15, 0.2) is 60.7 Å². The second kappa shape index (κ2) is 8.98. The highest BCUT2D eigenvalue weighted by molar-refractivity contribution is 6.19. The third kappa shape index (κ3) is 3.91. The second-order valence-corrected chi connectivity index (χ2v) is 9.06. The fraction of sp³-hybridized carbons (Fsp3) is 0.423. The van der Waals surface area contributed by atoms with E-state index < -0.39 is 5.41 Å². The fourth-order valence-corrected chi connectivity index (χ4v) is 5.42. The van der Waals surface area contributed by atoms with E-state index in [2.05, 4.69) is 0 Å². The van der Waals surface area contributed by atoms with E-state index in [9.17, 15) is 14.4 Å². The predicted molar refractivity (Wildman–Crippen MR) is 124 cm³/mol. The van der Waals surface area contributed by atoms with Crippen molar-refractivity contribution in [3.05, 3.63) is 66.2 Å². The number of amides is 4. The molecule has 0 N–H and O–H groups in total. The van der Waals surface area contributed by atoms with Crippen LogP contribution in [0.25, 0.3) is 0 Å². The molecule has 7 nitrogen and oxygen atoms in total. The number of hydrogen-bond acceptors (Lipinski definition) is 4. The highest BCUT2D eigenvalue weighted by Gasteiger charge is 2.46. The maximum atomic E-state index is 13.8. The summed E-state index contributed by atoms with van der Waals surface area (Å²) in [6.45, 7) is 2.43. The molecule has 3 fully saturated rings. The van der Waals surface area contributed by atoms with Crippen LogP contribution in [0.5, 0.6) is 0 Å². The van der Waals surface area contributed by atoms with E-state index in [1.54, 1.807) is 17.0 Å². The fourth-order valence-electron chi connectivity index (χ4n) is 5.42. The largest absolute Gasteiger partial charge is 0.381 e. The van der Waals surface area contributed by atoms with Crippen LogP contribution in [0.2, 0.25) is 0 Å². The number of ether oxygens (including phenoxy) is 1. The van der Waals surface area contributed by atoms with E-state index in [-0.39, 0.29) is 30.4 Å². The zero-order valence-electron chi connectivity index (χ0n) is 18.7. The van der Waals surface area contributed by atoms with Crippen LogP contribution >= 0.6 is 0 Å². The first-order chi connectivity index (χ1) is 16.1. The van der Waals surface area contributed by atoms with Crippen molar-refractivity contribution in [2.45, 2.75) is 37.1 Å². The Balaban J connectivity index is 1.28. The Kier molecular flexibility index (Phi) is 5.89. The molecular weight excluding hydrogens is 418 g/mol. The van der Waals surface area contributed by atoms with E-state index >= 15 is 0 Å². The molecule has 33 heavy (non-hydrogen) atoms. The first-order valence-corrected chi connectivity index (χ1v) is 11.7. The Bertz CT molecular complexity index is 1010. The monoisotopic (exact) mass is 447 g/mol. The number of para-hydroxylation sites is 1. The summed E-state index contributed by atoms with van der Waals surface area (Å²) in [6.07, 6.45) is 2.71. The third-order valence-corrected chi connectivity index (χ3v) is 7.28. The van der Waals surface area contributed by atoms with Crippen LogP contribution < -0.4 is 4.90 Å². The van der Waals surface area contributed by atoms with Crippen molar-refractivity contribution in [2.24, 2.45) is 0 Å². The van der Waals surface area contributed by atoms with E-state index in [1.807, 2.05) is 53.4 Å². The van der Waals surface area contributed by atoms with Gasteiger partial charge in [-0.25, -0.2) is 9.69 Å². The van der Waals surface area contributed by atoms with Gasteiger partial charge in [0.15, 0.2) is 0 Å². The number of benzene rings is 2. The van der Waals surface area contributed by atoms with Gasteiger partial charge in [0, 0.05) is 32.3 Å². The molecule has 0 spiro atoms. The zero-order valence-corrected chi connectivity index (χ0v) is 18.7. The molecule has 3 aliphatic heterocycles. The number of rotatable bonds is 4. The summed E-state index contributed by atoms with van der Waals surface area (Å²) in [7, 11) is 0. The van der Waals surface area contributed by atoms with Crippen molar-refractivity contribution in [3.63, 3.8) is 0 Å². The molecule has 0 bridgehead atoms. The van der Waals surface area contributed by atoms with Crippen molar-refractivity contribution in [3.8, 4) is 0 Å². The summed E-state index contributed by atoms with van der Waals surface area (Å²) in [4.78, 5) is 44.3. The quantitative estimate of drug-likeness (QED) is 0.675. The van der Waals surface area contributed by atoms with Crippen LogP contribution in [0.1, 0.15) is 31.2 Å². The van der Waals surface area contributed by atoms with Gasteiger partial charge in [0.1, 0.15) is 6.54 Å². The molecule has 2 aromatic rings. The molecule has 0 saturated carbocycles. The number of carbonyl (C=O) groups is 3. The zero-order chi connectivity index (χ0) is 22.8. The van der Waals surface area contributed by atoms with Crippen LogP contribution in [0, 0.1) is 0 Å². The van der Waals surface area contributed by atoms with Gasteiger partial charge in [0.05, 0.1) is 11.1 Å². The van der Waals surface area contributed by atoms with Crippen LogP contribution in [0.4, 0.5) is 10.5 Å². The molecule has 172 valence electrons. The number of hydrogen-bond donors (Lipinski definition) is 0. The first kappa shape index (κ1) is 21.6. The van der Waals surface area contributed by atoms with Gasteiger partial charge in [-0.1, -0.05) is 48.5 Å². The molecule has 7 heteroatoms. The third-order valence-electron chi connectivity index (χ3n) is 7.28. The summed E-state index contributed by atoms with van der Waals surface area (Å²) in [6, 6.07) is 18.8. The molecule has 0 atom stereocenters. The smallest absolute Gasteiger partial charge is 0.332 e. The minimum absolute atomic E-state index is 0.0402. The Labute approximate surface area is 193 Å². The Hall–Kier alpha value is -3.19. The SMILES string of the molecule is O=C1CN(C2CCN(C(=O)C3(c4ccccc4)CCOCC3)CC2)C(=O)N1c1ccccc1. The second-order valence-electron chi connectivity index (χ2n) is 9.06. The molecule has 3 heterocycles. The van der Waals surface area contributed by atoms with E-state index in [4.69, 9.17) is 4.74 Å². The Morgan fingerprint density at radius 1 is 0.879 bits per heavy atom. The number of piperidine rings is 1. The average Bonchev–Trinajstić information content (AvgIpc) is 3.18. The van der Waals surface area contributed by atoms with E-state index in [0.29, 0.717) is 57.7 Å². The van der Waals surface area contributed by atoms with E-state index in [1.165, 1.54) is 4.90 Å². The molecule has 0 unspecified atom stereocenters.